The molecule has 2 atom stereocenters. The fourth-order valence-corrected chi connectivity index (χ4v) is 1.73. The topological polar surface area (TPSA) is 127 Å². The summed E-state index contributed by atoms with van der Waals surface area (Å²) in [5.41, 5.74) is 0.436. The summed E-state index contributed by atoms with van der Waals surface area (Å²) < 4.78 is 11.1. The monoisotopic (exact) mass is 266 g/mol. The summed E-state index contributed by atoms with van der Waals surface area (Å²) in [6.45, 7) is -0.510. The van der Waals surface area contributed by atoms with Crippen molar-refractivity contribution in [3.8, 4) is 11.5 Å². The number of aliphatic hydroxyl groups is 3. The van der Waals surface area contributed by atoms with Gasteiger partial charge in [0.05, 0.1) is 0 Å². The van der Waals surface area contributed by atoms with Crippen LogP contribution in [0, 0.1) is 0 Å². The van der Waals surface area contributed by atoms with Gasteiger partial charge in [0.2, 0.25) is 12.1 Å². The second kappa shape index (κ2) is 4.37. The highest BCUT2D eigenvalue weighted by Gasteiger charge is 2.37. The van der Waals surface area contributed by atoms with Crippen molar-refractivity contribution in [3.05, 3.63) is 30.2 Å². The van der Waals surface area contributed by atoms with Gasteiger partial charge in [0.25, 0.3) is 0 Å². The first-order chi connectivity index (χ1) is 9.20. The highest BCUT2D eigenvalue weighted by atomic mass is 16.5. The molecule has 1 unspecified atom stereocenters. The molecule has 3 rings (SSSR count). The van der Waals surface area contributed by atoms with Crippen molar-refractivity contribution in [3.63, 3.8) is 0 Å². The van der Waals surface area contributed by atoms with E-state index in [0.717, 1.165) is 0 Å². The Hall–Kier alpha value is -2.39. The van der Waals surface area contributed by atoms with E-state index < -0.39 is 24.7 Å². The summed E-state index contributed by atoms with van der Waals surface area (Å²) in [5, 5.41) is 36.0. The standard InChI is InChI=1S/C10H10N4O5/c15-3-6-7(16)8(17)10(19-6)14-4-11-9(12-14)5-1-2-18-13-5/h1-2,4,8,10,15-17H,3H2/t8?,10-/m1/s1. The smallest absolute Gasteiger partial charge is 0.225 e. The lowest BCUT2D eigenvalue weighted by Crippen LogP contribution is -2.22. The first kappa shape index (κ1) is 11.7. The third-order valence-corrected chi connectivity index (χ3v) is 2.68. The van der Waals surface area contributed by atoms with Gasteiger partial charge in [-0.3, -0.25) is 0 Å². The van der Waals surface area contributed by atoms with Crippen molar-refractivity contribution in [1.29, 1.82) is 0 Å². The van der Waals surface area contributed by atoms with Crippen LogP contribution in [0.3, 0.4) is 0 Å². The van der Waals surface area contributed by atoms with Gasteiger partial charge < -0.3 is 24.6 Å². The normalized spacial score (nSPS) is 22.8. The van der Waals surface area contributed by atoms with Crippen LogP contribution in [-0.4, -0.2) is 48.0 Å². The maximum atomic E-state index is 9.79. The molecule has 0 saturated carbocycles. The van der Waals surface area contributed by atoms with Crippen LogP contribution in [0.4, 0.5) is 0 Å². The van der Waals surface area contributed by atoms with Gasteiger partial charge in [-0.05, 0) is 0 Å². The first-order valence-electron chi connectivity index (χ1n) is 5.40. The Kier molecular flexibility index (Phi) is 2.69. The van der Waals surface area contributed by atoms with Gasteiger partial charge in [0.15, 0.2) is 23.3 Å². The fourth-order valence-electron chi connectivity index (χ4n) is 1.73. The van der Waals surface area contributed by atoms with Crippen LogP contribution in [0.5, 0.6) is 0 Å². The number of ether oxygens (including phenoxy) is 1. The molecule has 9 heteroatoms. The Morgan fingerprint density at radius 2 is 2.26 bits per heavy atom. The molecule has 1 aliphatic heterocycles. The Bertz CT molecular complexity index is 605. The minimum atomic E-state index is -1.31. The molecule has 19 heavy (non-hydrogen) atoms. The highest BCUT2D eigenvalue weighted by Crippen LogP contribution is 2.30. The second-order valence-electron chi connectivity index (χ2n) is 3.85. The molecule has 0 radical (unpaired) electrons. The van der Waals surface area contributed by atoms with E-state index in [1.165, 1.54) is 17.3 Å². The lowest BCUT2D eigenvalue weighted by Gasteiger charge is -2.14. The van der Waals surface area contributed by atoms with Gasteiger partial charge in [0.1, 0.15) is 19.2 Å². The van der Waals surface area contributed by atoms with Crippen LogP contribution in [0.1, 0.15) is 6.23 Å². The summed E-state index contributed by atoms with van der Waals surface area (Å²) >= 11 is 0. The van der Waals surface area contributed by atoms with Crippen molar-refractivity contribution in [2.75, 3.05) is 6.61 Å². The Labute approximate surface area is 106 Å². The van der Waals surface area contributed by atoms with Gasteiger partial charge in [-0.2, -0.15) is 0 Å². The minimum Gasteiger partial charge on any atom is -0.506 e. The van der Waals surface area contributed by atoms with Crippen LogP contribution in [0.15, 0.2) is 34.7 Å². The van der Waals surface area contributed by atoms with Crippen LogP contribution >= 0.6 is 0 Å². The molecule has 1 aliphatic rings. The number of hydrogen-bond acceptors (Lipinski definition) is 8. The lowest BCUT2D eigenvalue weighted by molar-refractivity contribution is -0.0219. The third-order valence-electron chi connectivity index (χ3n) is 2.68. The Balaban J connectivity index is 1.85. The van der Waals surface area contributed by atoms with Crippen molar-refractivity contribution < 1.29 is 24.6 Å². The average molecular weight is 266 g/mol. The van der Waals surface area contributed by atoms with E-state index in [1.54, 1.807) is 6.07 Å². The van der Waals surface area contributed by atoms with Crippen LogP contribution < -0.4 is 0 Å². The van der Waals surface area contributed by atoms with E-state index in [9.17, 15) is 10.2 Å². The predicted octanol–water partition coefficient (Wildman–Crippen LogP) is -0.415. The molecule has 0 saturated heterocycles. The van der Waals surface area contributed by atoms with Crippen LogP contribution in [0.25, 0.3) is 11.5 Å². The third kappa shape index (κ3) is 1.84. The average Bonchev–Trinajstić information content (AvgIpc) is 3.12. The van der Waals surface area contributed by atoms with E-state index in [0.29, 0.717) is 11.5 Å². The number of aromatic nitrogens is 4. The summed E-state index contributed by atoms with van der Waals surface area (Å²) in [5.74, 6) is -0.205. The van der Waals surface area contributed by atoms with Crippen LogP contribution in [0.2, 0.25) is 0 Å². The highest BCUT2D eigenvalue weighted by molar-refractivity contribution is 5.45. The van der Waals surface area contributed by atoms with Gasteiger partial charge >= 0.3 is 0 Å². The molecule has 100 valence electrons. The van der Waals surface area contributed by atoms with Gasteiger partial charge in [-0.15, -0.1) is 5.10 Å². The Morgan fingerprint density at radius 3 is 2.89 bits per heavy atom. The predicted molar refractivity (Wildman–Crippen MR) is 58.4 cm³/mol. The summed E-state index contributed by atoms with van der Waals surface area (Å²) in [6.07, 6.45) is 0.420. The molecular weight excluding hydrogens is 256 g/mol. The second-order valence-corrected chi connectivity index (χ2v) is 3.85. The zero-order valence-electron chi connectivity index (χ0n) is 9.54. The summed E-state index contributed by atoms with van der Waals surface area (Å²) in [4.78, 5) is 3.99. The van der Waals surface area contributed by atoms with Gasteiger partial charge in [-0.1, -0.05) is 5.16 Å². The molecule has 0 bridgehead atoms. The zero-order chi connectivity index (χ0) is 13.4. The Morgan fingerprint density at radius 1 is 1.42 bits per heavy atom. The van der Waals surface area contributed by atoms with E-state index in [4.69, 9.17) is 9.84 Å². The van der Waals surface area contributed by atoms with Crippen LogP contribution in [-0.2, 0) is 4.74 Å². The number of hydrogen-bond donors (Lipinski definition) is 3. The van der Waals surface area contributed by atoms with Gasteiger partial charge in [0, 0.05) is 6.07 Å². The van der Waals surface area contributed by atoms with Crippen molar-refractivity contribution in [2.24, 2.45) is 0 Å². The molecule has 0 spiro atoms. The molecule has 0 fully saturated rings. The number of aliphatic hydroxyl groups excluding tert-OH is 3. The quantitative estimate of drug-likeness (QED) is 0.684. The number of nitrogens with zero attached hydrogens (tertiary/aromatic N) is 4. The van der Waals surface area contributed by atoms with Gasteiger partial charge in [-0.25, -0.2) is 9.67 Å². The summed E-state index contributed by atoms with van der Waals surface area (Å²) in [7, 11) is 0. The van der Waals surface area contributed by atoms with Crippen molar-refractivity contribution in [2.45, 2.75) is 12.3 Å². The lowest BCUT2D eigenvalue weighted by atomic mass is 10.3. The zero-order valence-corrected chi connectivity index (χ0v) is 9.54. The van der Waals surface area contributed by atoms with E-state index >= 15 is 0 Å². The maximum Gasteiger partial charge on any atom is 0.225 e. The van der Waals surface area contributed by atoms with E-state index in [1.807, 2.05) is 0 Å². The molecule has 0 aromatic carbocycles. The minimum absolute atomic E-state index is 0.0870. The van der Waals surface area contributed by atoms with Crippen molar-refractivity contribution >= 4 is 0 Å². The molecule has 2 aromatic rings. The molecule has 3 N–H and O–H groups in total. The molecular formula is C10H10N4O5. The first-order valence-corrected chi connectivity index (χ1v) is 5.40. The fraction of sp³-hybridized carbons (Fsp3) is 0.300. The largest absolute Gasteiger partial charge is 0.506 e. The summed E-state index contributed by atoms with van der Waals surface area (Å²) in [6, 6.07) is 1.58. The van der Waals surface area contributed by atoms with E-state index in [2.05, 4.69) is 19.8 Å². The maximum absolute atomic E-state index is 9.79. The van der Waals surface area contributed by atoms with E-state index in [-0.39, 0.29) is 5.76 Å². The SMILES string of the molecule is OCC1=C(O)C(O)[C@H](n2cnc(-c3ccon3)n2)O1. The molecule has 2 aromatic heterocycles. The van der Waals surface area contributed by atoms with Crippen molar-refractivity contribution in [1.82, 2.24) is 19.9 Å². The molecule has 9 nitrogen and oxygen atoms in total. The molecule has 0 aliphatic carbocycles. The molecule has 3 heterocycles. The number of rotatable bonds is 3. The molecule has 0 amide bonds.